The van der Waals surface area contributed by atoms with Gasteiger partial charge in [0.15, 0.2) is 0 Å². The molecule has 3 heteroatoms. The summed E-state index contributed by atoms with van der Waals surface area (Å²) in [5.41, 5.74) is 1.36. The summed E-state index contributed by atoms with van der Waals surface area (Å²) in [4.78, 5) is 4.15. The van der Waals surface area contributed by atoms with Gasteiger partial charge in [-0.3, -0.25) is 4.98 Å². The lowest BCUT2D eigenvalue weighted by molar-refractivity contribution is 0.320. The Kier molecular flexibility index (Phi) is 11.4. The molecular formula is C18H30N2O. The van der Waals surface area contributed by atoms with Crippen LogP contribution in [0.1, 0.15) is 76.2 Å². The third kappa shape index (κ3) is 11.0. The summed E-state index contributed by atoms with van der Waals surface area (Å²) < 4.78 is 0. The van der Waals surface area contributed by atoms with Crippen LogP contribution in [0.25, 0.3) is 0 Å². The lowest BCUT2D eigenvalue weighted by Gasteiger charge is -2.03. The lowest BCUT2D eigenvalue weighted by Crippen LogP contribution is -1.87. The number of hydrogen-bond donors (Lipinski definition) is 1. The number of rotatable bonds is 13. The molecule has 1 heterocycles. The van der Waals surface area contributed by atoms with Gasteiger partial charge in [0, 0.05) is 18.6 Å². The standard InChI is InChI=1S/C18H30N2O/c21-20-16-11-9-7-5-3-1-2-4-6-8-10-13-18-14-12-15-19-17-18/h12,14-17,21H,1-11,13H2. The minimum Gasteiger partial charge on any atom is -0.411 e. The molecule has 1 aromatic rings. The van der Waals surface area contributed by atoms with Gasteiger partial charge in [-0.05, 0) is 37.3 Å². The Bertz CT molecular complexity index is 351. The summed E-state index contributed by atoms with van der Waals surface area (Å²) in [5.74, 6) is 0. The smallest absolute Gasteiger partial charge is 0.0435 e. The van der Waals surface area contributed by atoms with Crippen LogP contribution in [0.4, 0.5) is 0 Å². The van der Waals surface area contributed by atoms with Crippen molar-refractivity contribution in [3.63, 3.8) is 0 Å². The van der Waals surface area contributed by atoms with E-state index in [4.69, 9.17) is 5.21 Å². The van der Waals surface area contributed by atoms with Gasteiger partial charge in [-0.2, -0.15) is 0 Å². The van der Waals surface area contributed by atoms with Crippen molar-refractivity contribution in [3.05, 3.63) is 30.1 Å². The highest BCUT2D eigenvalue weighted by molar-refractivity contribution is 5.55. The lowest BCUT2D eigenvalue weighted by atomic mass is 10.0. The first kappa shape index (κ1) is 17.7. The third-order valence-corrected chi connectivity index (χ3v) is 3.85. The Labute approximate surface area is 129 Å². The normalized spacial score (nSPS) is 11.2. The summed E-state index contributed by atoms with van der Waals surface area (Å²) >= 11 is 0. The summed E-state index contributed by atoms with van der Waals surface area (Å²) in [5, 5.41) is 11.3. The summed E-state index contributed by atoms with van der Waals surface area (Å²) in [6, 6.07) is 4.19. The van der Waals surface area contributed by atoms with E-state index in [1.807, 2.05) is 18.5 Å². The van der Waals surface area contributed by atoms with Crippen molar-refractivity contribution in [3.8, 4) is 0 Å². The van der Waals surface area contributed by atoms with E-state index in [1.54, 1.807) is 6.21 Å². The van der Waals surface area contributed by atoms with Crippen molar-refractivity contribution in [2.75, 3.05) is 0 Å². The first-order valence-electron chi connectivity index (χ1n) is 8.48. The van der Waals surface area contributed by atoms with E-state index in [0.717, 1.165) is 12.8 Å². The van der Waals surface area contributed by atoms with Crippen LogP contribution in [-0.2, 0) is 6.42 Å². The molecule has 0 saturated carbocycles. The Morgan fingerprint density at radius 3 is 2.10 bits per heavy atom. The summed E-state index contributed by atoms with van der Waals surface area (Å²) in [6.45, 7) is 0. The Morgan fingerprint density at radius 1 is 0.905 bits per heavy atom. The molecule has 1 aromatic heterocycles. The molecule has 21 heavy (non-hydrogen) atoms. The van der Waals surface area contributed by atoms with Crippen LogP contribution >= 0.6 is 0 Å². The van der Waals surface area contributed by atoms with Gasteiger partial charge < -0.3 is 5.21 Å². The molecule has 3 nitrogen and oxygen atoms in total. The van der Waals surface area contributed by atoms with Crippen molar-refractivity contribution < 1.29 is 5.21 Å². The molecule has 0 aliphatic carbocycles. The van der Waals surface area contributed by atoms with Gasteiger partial charge in [0.05, 0.1) is 0 Å². The zero-order valence-electron chi connectivity index (χ0n) is 13.2. The molecule has 0 saturated heterocycles. The van der Waals surface area contributed by atoms with Gasteiger partial charge in [-0.25, -0.2) is 0 Å². The maximum Gasteiger partial charge on any atom is 0.0435 e. The third-order valence-electron chi connectivity index (χ3n) is 3.85. The maximum absolute atomic E-state index is 8.26. The minimum atomic E-state index is 0.910. The van der Waals surface area contributed by atoms with E-state index in [0.29, 0.717) is 0 Å². The highest BCUT2D eigenvalue weighted by Crippen LogP contribution is 2.12. The fourth-order valence-corrected chi connectivity index (χ4v) is 2.58. The molecule has 1 N–H and O–H groups in total. The van der Waals surface area contributed by atoms with Crippen LogP contribution in [-0.4, -0.2) is 16.4 Å². The van der Waals surface area contributed by atoms with E-state index < -0.39 is 0 Å². The van der Waals surface area contributed by atoms with Crippen molar-refractivity contribution in [2.24, 2.45) is 5.16 Å². The zero-order chi connectivity index (χ0) is 15.0. The molecule has 0 spiro atoms. The van der Waals surface area contributed by atoms with Gasteiger partial charge in [0.1, 0.15) is 0 Å². The molecule has 0 aromatic carbocycles. The molecule has 0 fully saturated rings. The van der Waals surface area contributed by atoms with Crippen LogP contribution in [0.3, 0.4) is 0 Å². The van der Waals surface area contributed by atoms with Crippen molar-refractivity contribution >= 4 is 6.21 Å². The average Bonchev–Trinajstić information content (AvgIpc) is 2.53. The predicted octanol–water partition coefficient (Wildman–Crippen LogP) is 5.38. The maximum atomic E-state index is 8.26. The first-order chi connectivity index (χ1) is 10.4. The number of aryl methyl sites for hydroxylation is 1. The summed E-state index contributed by atoms with van der Waals surface area (Å²) in [6.07, 6.45) is 20.7. The highest BCUT2D eigenvalue weighted by atomic mass is 16.4. The van der Waals surface area contributed by atoms with Crippen LogP contribution in [0, 0.1) is 0 Å². The van der Waals surface area contributed by atoms with Gasteiger partial charge in [-0.1, -0.05) is 57.4 Å². The molecule has 0 aliphatic heterocycles. The van der Waals surface area contributed by atoms with Crippen molar-refractivity contribution in [1.82, 2.24) is 4.98 Å². The predicted molar refractivity (Wildman–Crippen MR) is 89.0 cm³/mol. The fraction of sp³-hybridized carbons (Fsp3) is 0.667. The zero-order valence-corrected chi connectivity index (χ0v) is 13.2. The number of oxime groups is 1. The first-order valence-corrected chi connectivity index (χ1v) is 8.48. The number of aromatic nitrogens is 1. The topological polar surface area (TPSA) is 45.5 Å². The molecule has 0 unspecified atom stereocenters. The molecule has 118 valence electrons. The highest BCUT2D eigenvalue weighted by Gasteiger charge is 1.95. The quantitative estimate of drug-likeness (QED) is 0.229. The van der Waals surface area contributed by atoms with Crippen LogP contribution in [0.15, 0.2) is 29.7 Å². The molecule has 0 amide bonds. The fourth-order valence-electron chi connectivity index (χ4n) is 2.58. The Morgan fingerprint density at radius 2 is 1.52 bits per heavy atom. The van der Waals surface area contributed by atoms with E-state index in [1.165, 1.54) is 69.8 Å². The largest absolute Gasteiger partial charge is 0.411 e. The molecule has 0 bridgehead atoms. The van der Waals surface area contributed by atoms with Gasteiger partial charge >= 0.3 is 0 Å². The van der Waals surface area contributed by atoms with Gasteiger partial charge in [-0.15, -0.1) is 5.16 Å². The van der Waals surface area contributed by atoms with Gasteiger partial charge in [0.25, 0.3) is 0 Å². The summed E-state index contributed by atoms with van der Waals surface area (Å²) in [7, 11) is 0. The number of pyridine rings is 1. The Balaban J connectivity index is 1.77. The van der Waals surface area contributed by atoms with E-state index in [2.05, 4.69) is 16.2 Å². The van der Waals surface area contributed by atoms with E-state index >= 15 is 0 Å². The molecule has 0 radical (unpaired) electrons. The Hall–Kier alpha value is -1.38. The minimum absolute atomic E-state index is 0.910. The van der Waals surface area contributed by atoms with Gasteiger partial charge in [0.2, 0.25) is 0 Å². The average molecular weight is 290 g/mol. The number of hydrogen-bond acceptors (Lipinski definition) is 3. The van der Waals surface area contributed by atoms with Crippen molar-refractivity contribution in [1.29, 1.82) is 0 Å². The second-order valence-electron chi connectivity index (χ2n) is 5.73. The number of unbranched alkanes of at least 4 members (excludes halogenated alkanes) is 10. The SMILES string of the molecule is ON=CCCCCCCCCCCCCc1cccnc1. The number of nitrogens with zero attached hydrogens (tertiary/aromatic N) is 2. The molecule has 0 aliphatic rings. The second kappa shape index (κ2) is 13.6. The van der Waals surface area contributed by atoms with Crippen LogP contribution in [0.5, 0.6) is 0 Å². The van der Waals surface area contributed by atoms with Crippen LogP contribution in [0.2, 0.25) is 0 Å². The molecule has 1 rings (SSSR count). The van der Waals surface area contributed by atoms with E-state index in [-0.39, 0.29) is 0 Å². The van der Waals surface area contributed by atoms with Crippen LogP contribution < -0.4 is 0 Å². The second-order valence-corrected chi connectivity index (χ2v) is 5.73. The molecular weight excluding hydrogens is 260 g/mol. The molecule has 0 atom stereocenters. The van der Waals surface area contributed by atoms with E-state index in [9.17, 15) is 0 Å². The monoisotopic (exact) mass is 290 g/mol. The van der Waals surface area contributed by atoms with Crippen molar-refractivity contribution in [2.45, 2.75) is 77.0 Å².